The summed E-state index contributed by atoms with van der Waals surface area (Å²) in [5, 5.41) is 7.21. The Morgan fingerprint density at radius 3 is 3.11 bits per heavy atom. The molecule has 0 radical (unpaired) electrons. The monoisotopic (exact) mass is 376 g/mol. The summed E-state index contributed by atoms with van der Waals surface area (Å²) in [4.78, 5) is 19.1. The first-order chi connectivity index (χ1) is 13.3. The molecule has 1 aromatic carbocycles. The number of nitrogens with one attached hydrogen (secondary N) is 2. The maximum Gasteiger partial charge on any atom is 0.229 e. The molecule has 1 atom stereocenters. The minimum absolute atomic E-state index is 0.326. The van der Waals surface area contributed by atoms with Gasteiger partial charge in [-0.25, -0.2) is 15.0 Å². The molecule has 1 aliphatic rings. The van der Waals surface area contributed by atoms with Crippen LogP contribution in [-0.4, -0.2) is 31.4 Å². The van der Waals surface area contributed by atoms with Crippen molar-refractivity contribution >= 4 is 33.3 Å². The first kappa shape index (κ1) is 16.4. The Morgan fingerprint density at radius 2 is 2.19 bits per heavy atom. The second-order valence-electron chi connectivity index (χ2n) is 6.80. The normalized spacial score (nSPS) is 17.6. The van der Waals surface area contributed by atoms with Crippen molar-refractivity contribution < 1.29 is 0 Å². The minimum Gasteiger partial charge on any atom is -0.361 e. The van der Waals surface area contributed by atoms with E-state index in [-0.39, 0.29) is 0 Å². The van der Waals surface area contributed by atoms with E-state index in [1.165, 1.54) is 22.9 Å². The Bertz CT molecular complexity index is 1040. The molecule has 0 bridgehead atoms. The minimum atomic E-state index is 0.326. The Labute approximate surface area is 161 Å². The van der Waals surface area contributed by atoms with Gasteiger partial charge in [-0.2, -0.15) is 0 Å². The Kier molecular flexibility index (Phi) is 4.31. The van der Waals surface area contributed by atoms with E-state index in [1.54, 1.807) is 17.5 Å². The third-order valence-corrected chi connectivity index (χ3v) is 5.73. The SMILES string of the molecule is c1cc([C@@H]2CCCN2Cc2ccc3[nH]ccc3c2)nc(Nc2nccs2)n1. The van der Waals surface area contributed by atoms with Crippen LogP contribution in [0.2, 0.25) is 0 Å². The number of thiazole rings is 1. The highest BCUT2D eigenvalue weighted by molar-refractivity contribution is 7.13. The predicted molar refractivity (Wildman–Crippen MR) is 108 cm³/mol. The van der Waals surface area contributed by atoms with Crippen molar-refractivity contribution in [3.8, 4) is 0 Å². The van der Waals surface area contributed by atoms with E-state index in [9.17, 15) is 0 Å². The van der Waals surface area contributed by atoms with Crippen LogP contribution in [0.1, 0.15) is 30.1 Å². The largest absolute Gasteiger partial charge is 0.361 e. The van der Waals surface area contributed by atoms with E-state index in [1.807, 2.05) is 23.8 Å². The van der Waals surface area contributed by atoms with E-state index < -0.39 is 0 Å². The molecular weight excluding hydrogens is 356 g/mol. The first-order valence-corrected chi connectivity index (χ1v) is 10.0. The summed E-state index contributed by atoms with van der Waals surface area (Å²) in [6, 6.07) is 11.1. The number of hydrogen-bond acceptors (Lipinski definition) is 6. The van der Waals surface area contributed by atoms with Crippen LogP contribution >= 0.6 is 11.3 Å². The lowest BCUT2D eigenvalue weighted by atomic mass is 10.1. The zero-order valence-corrected chi connectivity index (χ0v) is 15.6. The molecular formula is C20H20N6S. The molecule has 0 spiro atoms. The van der Waals surface area contributed by atoms with E-state index in [0.717, 1.165) is 30.3 Å². The summed E-state index contributed by atoms with van der Waals surface area (Å²) in [7, 11) is 0. The van der Waals surface area contributed by atoms with Crippen LogP contribution in [0, 0.1) is 0 Å². The van der Waals surface area contributed by atoms with Crippen molar-refractivity contribution in [1.82, 2.24) is 24.8 Å². The number of fused-ring (bicyclic) bond motifs is 1. The number of aromatic nitrogens is 4. The average molecular weight is 376 g/mol. The fourth-order valence-electron chi connectivity index (χ4n) is 3.79. The molecule has 27 heavy (non-hydrogen) atoms. The molecule has 1 fully saturated rings. The predicted octanol–water partition coefficient (Wildman–Crippen LogP) is 4.50. The summed E-state index contributed by atoms with van der Waals surface area (Å²) >= 11 is 1.54. The maximum atomic E-state index is 4.76. The topological polar surface area (TPSA) is 69.7 Å². The maximum absolute atomic E-state index is 4.76. The summed E-state index contributed by atoms with van der Waals surface area (Å²) in [5.41, 5.74) is 3.60. The number of anilines is 2. The zero-order chi connectivity index (χ0) is 18.1. The van der Waals surface area contributed by atoms with Crippen LogP contribution in [0.3, 0.4) is 0 Å². The smallest absolute Gasteiger partial charge is 0.229 e. The fourth-order valence-corrected chi connectivity index (χ4v) is 4.31. The molecule has 0 saturated carbocycles. The lowest BCUT2D eigenvalue weighted by Crippen LogP contribution is -2.23. The Hall–Kier alpha value is -2.77. The fraction of sp³-hybridized carbons (Fsp3) is 0.250. The van der Waals surface area contributed by atoms with Crippen molar-refractivity contribution in [1.29, 1.82) is 0 Å². The third-order valence-electron chi connectivity index (χ3n) is 5.04. The summed E-state index contributed by atoms with van der Waals surface area (Å²) < 4.78 is 0. The molecule has 0 unspecified atom stereocenters. The Balaban J connectivity index is 1.36. The van der Waals surface area contributed by atoms with Gasteiger partial charge in [0.25, 0.3) is 0 Å². The zero-order valence-electron chi connectivity index (χ0n) is 14.8. The van der Waals surface area contributed by atoms with Crippen molar-refractivity contribution in [2.24, 2.45) is 0 Å². The molecule has 1 saturated heterocycles. The van der Waals surface area contributed by atoms with Gasteiger partial charge in [0, 0.05) is 36.0 Å². The van der Waals surface area contributed by atoms with Crippen LogP contribution < -0.4 is 5.32 Å². The summed E-state index contributed by atoms with van der Waals surface area (Å²) in [6.07, 6.45) is 7.92. The van der Waals surface area contributed by atoms with Crippen LogP contribution in [0.4, 0.5) is 11.1 Å². The van der Waals surface area contributed by atoms with Crippen molar-refractivity contribution in [3.63, 3.8) is 0 Å². The third kappa shape index (κ3) is 3.43. The van der Waals surface area contributed by atoms with Crippen LogP contribution in [-0.2, 0) is 6.54 Å². The highest BCUT2D eigenvalue weighted by Gasteiger charge is 2.27. The highest BCUT2D eigenvalue weighted by atomic mass is 32.1. The lowest BCUT2D eigenvalue weighted by molar-refractivity contribution is 0.244. The molecule has 136 valence electrons. The standard InChI is InChI=1S/C20H20N6S/c1-2-18(17-6-8-22-19(24-17)25-20-23-9-11-27-20)26(10-1)13-14-3-4-16-15(12-14)5-7-21-16/h3-9,11-12,18,21H,1-2,10,13H2,(H,22,23,24,25)/t18-/m0/s1. The van der Waals surface area contributed by atoms with Gasteiger partial charge in [-0.3, -0.25) is 4.90 Å². The lowest BCUT2D eigenvalue weighted by Gasteiger charge is -2.24. The van der Waals surface area contributed by atoms with E-state index in [4.69, 9.17) is 4.98 Å². The molecule has 0 aliphatic carbocycles. The molecule has 2 N–H and O–H groups in total. The van der Waals surface area contributed by atoms with Gasteiger partial charge >= 0.3 is 0 Å². The molecule has 5 rings (SSSR count). The van der Waals surface area contributed by atoms with Gasteiger partial charge in [0.15, 0.2) is 5.13 Å². The van der Waals surface area contributed by atoms with Crippen molar-refractivity contribution in [2.45, 2.75) is 25.4 Å². The second-order valence-corrected chi connectivity index (χ2v) is 7.69. The Morgan fingerprint density at radius 1 is 1.19 bits per heavy atom. The number of hydrogen-bond donors (Lipinski definition) is 2. The van der Waals surface area contributed by atoms with E-state index in [2.05, 4.69) is 49.4 Å². The number of likely N-dealkylation sites (tertiary alicyclic amines) is 1. The molecule has 0 amide bonds. The number of aromatic amines is 1. The number of H-pyrrole nitrogens is 1. The van der Waals surface area contributed by atoms with E-state index >= 15 is 0 Å². The van der Waals surface area contributed by atoms with Crippen molar-refractivity contribution in [3.05, 3.63) is 65.6 Å². The van der Waals surface area contributed by atoms with Crippen molar-refractivity contribution in [2.75, 3.05) is 11.9 Å². The molecule has 6 nitrogen and oxygen atoms in total. The van der Waals surface area contributed by atoms with Gasteiger partial charge in [-0.15, -0.1) is 11.3 Å². The second kappa shape index (κ2) is 7.09. The molecule has 4 aromatic rings. The van der Waals surface area contributed by atoms with Crippen LogP contribution in [0.15, 0.2) is 54.3 Å². The van der Waals surface area contributed by atoms with E-state index in [0.29, 0.717) is 12.0 Å². The molecule has 4 heterocycles. The number of nitrogens with zero attached hydrogens (tertiary/aromatic N) is 4. The van der Waals surface area contributed by atoms with Gasteiger partial charge < -0.3 is 10.3 Å². The average Bonchev–Trinajstić information content (AvgIpc) is 3.43. The van der Waals surface area contributed by atoms with Crippen LogP contribution in [0.5, 0.6) is 0 Å². The molecule has 3 aromatic heterocycles. The first-order valence-electron chi connectivity index (χ1n) is 9.15. The van der Waals surface area contributed by atoms with Gasteiger partial charge in [0.2, 0.25) is 5.95 Å². The molecule has 7 heteroatoms. The highest BCUT2D eigenvalue weighted by Crippen LogP contribution is 2.33. The van der Waals surface area contributed by atoms with Crippen LogP contribution in [0.25, 0.3) is 10.9 Å². The number of benzene rings is 1. The van der Waals surface area contributed by atoms with Gasteiger partial charge in [0.1, 0.15) is 0 Å². The van der Waals surface area contributed by atoms with Gasteiger partial charge in [-0.1, -0.05) is 6.07 Å². The number of rotatable bonds is 5. The van der Waals surface area contributed by atoms with Gasteiger partial charge in [0.05, 0.1) is 11.7 Å². The summed E-state index contributed by atoms with van der Waals surface area (Å²) in [5.74, 6) is 0.614. The molecule has 1 aliphatic heterocycles. The van der Waals surface area contributed by atoms with Gasteiger partial charge in [-0.05, 0) is 54.6 Å². The quantitative estimate of drug-likeness (QED) is 0.537. The summed E-state index contributed by atoms with van der Waals surface area (Å²) in [6.45, 7) is 2.03.